The van der Waals surface area contributed by atoms with Crippen LogP contribution in [0.3, 0.4) is 0 Å². The SMILES string of the molecule is CC(=O)NCC#Cc1ccc2nc(C)ccc2c1. The maximum absolute atomic E-state index is 10.7. The second kappa shape index (κ2) is 5.33. The van der Waals surface area contributed by atoms with Crippen LogP contribution < -0.4 is 5.32 Å². The predicted molar refractivity (Wildman–Crippen MR) is 72.0 cm³/mol. The van der Waals surface area contributed by atoms with Gasteiger partial charge in [-0.05, 0) is 31.2 Å². The molecule has 1 N–H and O–H groups in total. The molecule has 0 unspecified atom stereocenters. The van der Waals surface area contributed by atoms with Crippen molar-refractivity contribution in [3.63, 3.8) is 0 Å². The molecular weight excluding hydrogens is 224 g/mol. The third kappa shape index (κ3) is 3.08. The molecule has 3 nitrogen and oxygen atoms in total. The van der Waals surface area contributed by atoms with Gasteiger partial charge in [0.25, 0.3) is 0 Å². The van der Waals surface area contributed by atoms with E-state index in [9.17, 15) is 4.79 Å². The quantitative estimate of drug-likeness (QED) is 0.772. The number of aromatic nitrogens is 1. The van der Waals surface area contributed by atoms with Crippen LogP contribution in [0.15, 0.2) is 30.3 Å². The van der Waals surface area contributed by atoms with E-state index >= 15 is 0 Å². The normalized spacial score (nSPS) is 9.67. The van der Waals surface area contributed by atoms with Crippen molar-refractivity contribution in [2.45, 2.75) is 13.8 Å². The fourth-order valence-electron chi connectivity index (χ4n) is 1.62. The standard InChI is InChI=1S/C15H14N2O/c1-11-5-7-14-10-13(6-8-15(14)17-11)4-3-9-16-12(2)18/h5-8,10H,9H2,1-2H3,(H,16,18). The van der Waals surface area contributed by atoms with Gasteiger partial charge in [0.15, 0.2) is 0 Å². The largest absolute Gasteiger partial charge is 0.345 e. The van der Waals surface area contributed by atoms with Gasteiger partial charge in [-0.1, -0.05) is 17.9 Å². The van der Waals surface area contributed by atoms with E-state index in [-0.39, 0.29) is 5.91 Å². The highest BCUT2D eigenvalue weighted by molar-refractivity contribution is 5.80. The molecule has 0 saturated carbocycles. The first-order valence-corrected chi connectivity index (χ1v) is 5.76. The number of pyridine rings is 1. The molecule has 0 aliphatic carbocycles. The summed E-state index contributed by atoms with van der Waals surface area (Å²) in [5.74, 6) is 5.85. The monoisotopic (exact) mass is 238 g/mol. The molecule has 0 saturated heterocycles. The molecular formula is C15H14N2O. The summed E-state index contributed by atoms with van der Waals surface area (Å²) in [5.41, 5.74) is 2.91. The summed E-state index contributed by atoms with van der Waals surface area (Å²) in [4.78, 5) is 15.1. The molecule has 90 valence electrons. The maximum Gasteiger partial charge on any atom is 0.217 e. The molecule has 0 bridgehead atoms. The summed E-state index contributed by atoms with van der Waals surface area (Å²) >= 11 is 0. The van der Waals surface area contributed by atoms with Crippen molar-refractivity contribution in [2.24, 2.45) is 0 Å². The molecule has 0 spiro atoms. The first kappa shape index (κ1) is 12.1. The molecule has 2 aromatic rings. The number of carbonyl (C=O) groups is 1. The minimum Gasteiger partial charge on any atom is -0.345 e. The zero-order valence-electron chi connectivity index (χ0n) is 10.4. The van der Waals surface area contributed by atoms with E-state index in [0.717, 1.165) is 22.2 Å². The van der Waals surface area contributed by atoms with Gasteiger partial charge in [0.1, 0.15) is 0 Å². The molecule has 0 aliphatic heterocycles. The number of hydrogen-bond donors (Lipinski definition) is 1. The van der Waals surface area contributed by atoms with Gasteiger partial charge in [-0.3, -0.25) is 9.78 Å². The third-order valence-electron chi connectivity index (χ3n) is 2.49. The minimum absolute atomic E-state index is 0.0671. The van der Waals surface area contributed by atoms with Crippen molar-refractivity contribution in [3.8, 4) is 11.8 Å². The average molecular weight is 238 g/mol. The van der Waals surface area contributed by atoms with E-state index < -0.39 is 0 Å². The lowest BCUT2D eigenvalue weighted by molar-refractivity contribution is -0.118. The van der Waals surface area contributed by atoms with Crippen molar-refractivity contribution in [3.05, 3.63) is 41.6 Å². The van der Waals surface area contributed by atoms with E-state index in [2.05, 4.69) is 22.1 Å². The van der Waals surface area contributed by atoms with Gasteiger partial charge in [-0.2, -0.15) is 0 Å². The first-order chi connectivity index (χ1) is 8.65. The highest BCUT2D eigenvalue weighted by Crippen LogP contribution is 2.13. The lowest BCUT2D eigenvalue weighted by atomic mass is 10.1. The average Bonchev–Trinajstić information content (AvgIpc) is 2.34. The van der Waals surface area contributed by atoms with Crippen molar-refractivity contribution >= 4 is 16.8 Å². The van der Waals surface area contributed by atoms with Crippen molar-refractivity contribution in [1.29, 1.82) is 0 Å². The van der Waals surface area contributed by atoms with Gasteiger partial charge in [0.2, 0.25) is 5.91 Å². The number of benzene rings is 1. The number of nitrogens with zero attached hydrogens (tertiary/aromatic N) is 1. The van der Waals surface area contributed by atoms with E-state index in [1.807, 2.05) is 37.3 Å². The van der Waals surface area contributed by atoms with Crippen LogP contribution in [-0.2, 0) is 4.79 Å². The van der Waals surface area contributed by atoms with Crippen LogP contribution in [0.5, 0.6) is 0 Å². The molecule has 3 heteroatoms. The molecule has 1 heterocycles. The Morgan fingerprint density at radius 3 is 2.94 bits per heavy atom. The summed E-state index contributed by atoms with van der Waals surface area (Å²) in [5, 5.41) is 3.71. The number of fused-ring (bicyclic) bond motifs is 1. The van der Waals surface area contributed by atoms with E-state index in [0.29, 0.717) is 6.54 Å². The second-order valence-electron chi connectivity index (χ2n) is 4.07. The van der Waals surface area contributed by atoms with Crippen molar-refractivity contribution in [1.82, 2.24) is 10.3 Å². The maximum atomic E-state index is 10.7. The van der Waals surface area contributed by atoms with Crippen LogP contribution in [0, 0.1) is 18.8 Å². The lowest BCUT2D eigenvalue weighted by Crippen LogP contribution is -2.19. The summed E-state index contributed by atoms with van der Waals surface area (Å²) in [6.45, 7) is 3.83. The Kier molecular flexibility index (Phi) is 3.59. The molecule has 1 aromatic carbocycles. The smallest absolute Gasteiger partial charge is 0.217 e. The Balaban J connectivity index is 2.20. The Morgan fingerprint density at radius 2 is 2.17 bits per heavy atom. The van der Waals surface area contributed by atoms with E-state index in [1.54, 1.807) is 0 Å². The Morgan fingerprint density at radius 1 is 1.33 bits per heavy atom. The van der Waals surface area contributed by atoms with Crippen molar-refractivity contribution in [2.75, 3.05) is 6.54 Å². The number of amides is 1. The fraction of sp³-hybridized carbons (Fsp3) is 0.200. The molecule has 2 rings (SSSR count). The number of aryl methyl sites for hydroxylation is 1. The minimum atomic E-state index is -0.0671. The van der Waals surface area contributed by atoms with Gasteiger partial charge < -0.3 is 5.32 Å². The Bertz CT molecular complexity index is 650. The summed E-state index contributed by atoms with van der Waals surface area (Å²) in [7, 11) is 0. The van der Waals surface area contributed by atoms with Crippen LogP contribution in [0.4, 0.5) is 0 Å². The van der Waals surface area contributed by atoms with Crippen LogP contribution in [-0.4, -0.2) is 17.4 Å². The third-order valence-corrected chi connectivity index (χ3v) is 2.49. The molecule has 1 aromatic heterocycles. The topological polar surface area (TPSA) is 42.0 Å². The molecule has 0 atom stereocenters. The fourth-order valence-corrected chi connectivity index (χ4v) is 1.62. The molecule has 18 heavy (non-hydrogen) atoms. The van der Waals surface area contributed by atoms with Crippen LogP contribution in [0.1, 0.15) is 18.2 Å². The molecule has 0 radical (unpaired) electrons. The van der Waals surface area contributed by atoms with E-state index in [1.165, 1.54) is 6.92 Å². The molecule has 0 aliphatic rings. The van der Waals surface area contributed by atoms with Gasteiger partial charge in [-0.15, -0.1) is 0 Å². The highest BCUT2D eigenvalue weighted by atomic mass is 16.1. The van der Waals surface area contributed by atoms with Gasteiger partial charge in [0.05, 0.1) is 12.1 Å². The Hall–Kier alpha value is -2.34. The number of rotatable bonds is 1. The zero-order valence-corrected chi connectivity index (χ0v) is 10.4. The van der Waals surface area contributed by atoms with Crippen LogP contribution in [0.2, 0.25) is 0 Å². The number of carbonyl (C=O) groups excluding carboxylic acids is 1. The highest BCUT2D eigenvalue weighted by Gasteiger charge is 1.96. The van der Waals surface area contributed by atoms with Gasteiger partial charge >= 0.3 is 0 Å². The number of hydrogen-bond acceptors (Lipinski definition) is 2. The lowest BCUT2D eigenvalue weighted by Gasteiger charge is -1.99. The molecule has 0 fully saturated rings. The van der Waals surface area contributed by atoms with Gasteiger partial charge in [0, 0.05) is 23.6 Å². The van der Waals surface area contributed by atoms with Crippen LogP contribution >= 0.6 is 0 Å². The predicted octanol–water partition coefficient (Wildman–Crippen LogP) is 2.03. The molecule has 1 amide bonds. The summed E-state index contributed by atoms with van der Waals surface area (Å²) < 4.78 is 0. The first-order valence-electron chi connectivity index (χ1n) is 5.76. The second-order valence-corrected chi connectivity index (χ2v) is 4.07. The van der Waals surface area contributed by atoms with Gasteiger partial charge in [-0.25, -0.2) is 0 Å². The number of nitrogens with one attached hydrogen (secondary N) is 1. The Labute approximate surface area is 106 Å². The zero-order chi connectivity index (χ0) is 13.0. The summed E-state index contributed by atoms with van der Waals surface area (Å²) in [6.07, 6.45) is 0. The van der Waals surface area contributed by atoms with E-state index in [4.69, 9.17) is 0 Å². The van der Waals surface area contributed by atoms with Crippen molar-refractivity contribution < 1.29 is 4.79 Å². The summed E-state index contributed by atoms with van der Waals surface area (Å²) in [6, 6.07) is 9.93. The van der Waals surface area contributed by atoms with Crippen LogP contribution in [0.25, 0.3) is 10.9 Å².